The molecule has 0 unspecified atom stereocenters. The quantitative estimate of drug-likeness (QED) is 0.888. The van der Waals surface area contributed by atoms with Crippen LogP contribution in [0.15, 0.2) is 18.5 Å². The fraction of sp³-hybridized carbons (Fsp3) is 0.556. The van der Waals surface area contributed by atoms with Crippen molar-refractivity contribution in [1.82, 2.24) is 19.8 Å². The molecule has 5 nitrogen and oxygen atoms in total. The number of hydrogen-bond donors (Lipinski definition) is 1. The van der Waals surface area contributed by atoms with Crippen molar-refractivity contribution in [1.29, 1.82) is 0 Å². The molecule has 4 heterocycles. The molecule has 0 bridgehead atoms. The largest absolute Gasteiger partial charge is 0.348 e. The van der Waals surface area contributed by atoms with Crippen molar-refractivity contribution in [3.8, 4) is 0 Å². The second-order valence-electron chi connectivity index (χ2n) is 6.89. The number of carbonyl (C=O) groups excluding carboxylic acids is 1. The van der Waals surface area contributed by atoms with Crippen LogP contribution in [0, 0.1) is 0 Å². The van der Waals surface area contributed by atoms with Gasteiger partial charge >= 0.3 is 0 Å². The number of H-pyrrole nitrogens is 1. The molecule has 0 radical (unpaired) electrons. The minimum absolute atomic E-state index is 0.0204. The van der Waals surface area contributed by atoms with E-state index in [0.717, 1.165) is 56.7 Å². The monoisotopic (exact) mass is 378 g/mol. The normalized spacial score (nSPS) is 20.0. The molecule has 2 aliphatic heterocycles. The van der Waals surface area contributed by atoms with E-state index >= 15 is 0 Å². The van der Waals surface area contributed by atoms with Crippen LogP contribution in [0.3, 0.4) is 0 Å². The predicted molar refractivity (Wildman–Crippen MR) is 100 cm³/mol. The third-order valence-corrected chi connectivity index (χ3v) is 6.77. The molecule has 1 N–H and O–H groups in total. The Morgan fingerprint density at radius 1 is 1.36 bits per heavy atom. The van der Waals surface area contributed by atoms with Gasteiger partial charge in [0.05, 0.1) is 26.8 Å². The second-order valence-corrected chi connectivity index (χ2v) is 8.61. The average molecular weight is 379 g/mol. The summed E-state index contributed by atoms with van der Waals surface area (Å²) in [7, 11) is 0. The summed E-state index contributed by atoms with van der Waals surface area (Å²) in [5.74, 6) is 0.104. The van der Waals surface area contributed by atoms with E-state index in [1.54, 1.807) is 6.07 Å². The number of rotatable bonds is 3. The number of halogens is 1. The number of hydrogen-bond acceptors (Lipinski definition) is 4. The summed E-state index contributed by atoms with van der Waals surface area (Å²) in [4.78, 5) is 26.0. The topological polar surface area (TPSA) is 52.2 Å². The van der Waals surface area contributed by atoms with Crippen molar-refractivity contribution in [3.63, 3.8) is 0 Å². The predicted octanol–water partition coefficient (Wildman–Crippen LogP) is 3.52. The van der Waals surface area contributed by atoms with Gasteiger partial charge in [0, 0.05) is 31.7 Å². The Balaban J connectivity index is 1.55. The first-order chi connectivity index (χ1) is 12.1. The van der Waals surface area contributed by atoms with E-state index in [2.05, 4.69) is 21.8 Å². The van der Waals surface area contributed by atoms with E-state index in [4.69, 9.17) is 11.6 Å². The number of likely N-dealkylation sites (tertiary alicyclic amines) is 1. The number of fused-ring (bicyclic) bond motifs is 2. The molecule has 0 aromatic carbocycles. The summed E-state index contributed by atoms with van der Waals surface area (Å²) in [5, 5.41) is 0. The number of thiophene rings is 1. The van der Waals surface area contributed by atoms with Gasteiger partial charge in [-0.25, -0.2) is 4.98 Å². The van der Waals surface area contributed by atoms with Gasteiger partial charge < -0.3 is 9.88 Å². The lowest BCUT2D eigenvalue weighted by Gasteiger charge is -2.50. The van der Waals surface area contributed by atoms with Crippen molar-refractivity contribution >= 4 is 28.8 Å². The molecule has 2 aromatic rings. The molecule has 1 fully saturated rings. The Morgan fingerprint density at radius 2 is 2.16 bits per heavy atom. The fourth-order valence-electron chi connectivity index (χ4n) is 4.34. The highest BCUT2D eigenvalue weighted by Crippen LogP contribution is 2.42. The number of aromatic nitrogens is 2. The van der Waals surface area contributed by atoms with E-state index in [1.165, 1.54) is 22.7 Å². The first kappa shape index (κ1) is 17.1. The molecule has 4 rings (SSSR count). The maximum absolute atomic E-state index is 12.7. The molecular formula is C18H23ClN4OS. The molecule has 1 saturated heterocycles. The number of amides is 1. The summed E-state index contributed by atoms with van der Waals surface area (Å²) < 4.78 is 0.666. The van der Waals surface area contributed by atoms with Gasteiger partial charge in [-0.3, -0.25) is 9.69 Å². The standard InChI is InChI=1S/C18H23ClN4OS/c1-2-8-23-9-5-13-16(21-12-20-13)18(23)6-10-22(11-7-18)17(24)14-3-4-15(19)25-14/h3-4,12H,2,5-11H2,1H3,(H,20,21). The number of piperidine rings is 1. The molecule has 0 saturated carbocycles. The lowest BCUT2D eigenvalue weighted by Crippen LogP contribution is -2.57. The van der Waals surface area contributed by atoms with Crippen LogP contribution in [0.5, 0.6) is 0 Å². The summed E-state index contributed by atoms with van der Waals surface area (Å²) in [6.07, 6.45) is 5.88. The van der Waals surface area contributed by atoms with Crippen molar-refractivity contribution in [3.05, 3.63) is 39.1 Å². The van der Waals surface area contributed by atoms with Gasteiger partial charge in [-0.05, 0) is 37.9 Å². The third-order valence-electron chi connectivity index (χ3n) is 5.55. The number of nitrogens with zero attached hydrogens (tertiary/aromatic N) is 3. The minimum Gasteiger partial charge on any atom is -0.348 e. The highest BCUT2D eigenvalue weighted by Gasteiger charge is 2.46. The lowest BCUT2D eigenvalue weighted by atomic mass is 9.78. The van der Waals surface area contributed by atoms with E-state index in [0.29, 0.717) is 4.34 Å². The van der Waals surface area contributed by atoms with Crippen LogP contribution in [0.25, 0.3) is 0 Å². The number of aromatic amines is 1. The van der Waals surface area contributed by atoms with Gasteiger partial charge in [0.1, 0.15) is 0 Å². The van der Waals surface area contributed by atoms with Crippen molar-refractivity contribution in [2.75, 3.05) is 26.2 Å². The zero-order chi connectivity index (χ0) is 17.4. The summed E-state index contributed by atoms with van der Waals surface area (Å²) >= 11 is 7.35. The first-order valence-corrected chi connectivity index (χ1v) is 10.2. The van der Waals surface area contributed by atoms with Gasteiger partial charge in [0.15, 0.2) is 0 Å². The van der Waals surface area contributed by atoms with Crippen LogP contribution in [0.1, 0.15) is 47.2 Å². The number of nitrogens with one attached hydrogen (secondary N) is 1. The second kappa shape index (κ2) is 6.74. The summed E-state index contributed by atoms with van der Waals surface area (Å²) in [6, 6.07) is 3.63. The Morgan fingerprint density at radius 3 is 2.84 bits per heavy atom. The van der Waals surface area contributed by atoms with Gasteiger partial charge in [0.25, 0.3) is 5.91 Å². The van der Waals surface area contributed by atoms with Gasteiger partial charge in [0.2, 0.25) is 0 Å². The highest BCUT2D eigenvalue weighted by atomic mass is 35.5. The van der Waals surface area contributed by atoms with Gasteiger partial charge in [-0.1, -0.05) is 18.5 Å². The highest BCUT2D eigenvalue weighted by molar-refractivity contribution is 7.17. The summed E-state index contributed by atoms with van der Waals surface area (Å²) in [5.41, 5.74) is 2.46. The lowest BCUT2D eigenvalue weighted by molar-refractivity contribution is 0.00724. The molecule has 0 aliphatic carbocycles. The Hall–Kier alpha value is -1.37. The first-order valence-electron chi connectivity index (χ1n) is 8.96. The minimum atomic E-state index is -0.0204. The van der Waals surface area contributed by atoms with E-state index in [9.17, 15) is 4.79 Å². The molecule has 25 heavy (non-hydrogen) atoms. The zero-order valence-corrected chi connectivity index (χ0v) is 16.0. The van der Waals surface area contributed by atoms with Crippen molar-refractivity contribution < 1.29 is 4.79 Å². The van der Waals surface area contributed by atoms with Crippen LogP contribution >= 0.6 is 22.9 Å². The number of carbonyl (C=O) groups is 1. The Bertz CT molecular complexity index is 763. The maximum atomic E-state index is 12.7. The van der Waals surface area contributed by atoms with Gasteiger partial charge in [-0.15, -0.1) is 11.3 Å². The zero-order valence-electron chi connectivity index (χ0n) is 14.4. The maximum Gasteiger partial charge on any atom is 0.263 e. The summed E-state index contributed by atoms with van der Waals surface area (Å²) in [6.45, 7) is 5.91. The van der Waals surface area contributed by atoms with E-state index < -0.39 is 0 Å². The average Bonchev–Trinajstić information content (AvgIpc) is 3.27. The van der Waals surface area contributed by atoms with E-state index in [1.807, 2.05) is 17.3 Å². The molecular weight excluding hydrogens is 356 g/mol. The molecule has 2 aliphatic rings. The van der Waals surface area contributed by atoms with Crippen molar-refractivity contribution in [2.24, 2.45) is 0 Å². The van der Waals surface area contributed by atoms with Crippen LogP contribution in [0.2, 0.25) is 4.34 Å². The molecule has 1 amide bonds. The van der Waals surface area contributed by atoms with Gasteiger partial charge in [-0.2, -0.15) is 0 Å². The molecule has 0 atom stereocenters. The van der Waals surface area contributed by atoms with Crippen LogP contribution < -0.4 is 0 Å². The smallest absolute Gasteiger partial charge is 0.263 e. The van der Waals surface area contributed by atoms with Crippen LogP contribution in [-0.2, 0) is 12.0 Å². The molecule has 2 aromatic heterocycles. The fourth-order valence-corrected chi connectivity index (χ4v) is 5.35. The van der Waals surface area contributed by atoms with E-state index in [-0.39, 0.29) is 11.4 Å². The Kier molecular flexibility index (Phi) is 4.60. The molecule has 134 valence electrons. The number of imidazole rings is 1. The third kappa shape index (κ3) is 2.90. The van der Waals surface area contributed by atoms with Crippen molar-refractivity contribution in [2.45, 2.75) is 38.1 Å². The van der Waals surface area contributed by atoms with Crippen LogP contribution in [0.4, 0.5) is 0 Å². The molecule has 7 heteroatoms. The van der Waals surface area contributed by atoms with Crippen LogP contribution in [-0.4, -0.2) is 51.9 Å². The molecule has 1 spiro atoms. The Labute approximate surface area is 157 Å². The SMILES string of the molecule is CCCN1CCc2[nH]cnc2C12CCN(C(=O)c1ccc(Cl)s1)CC2.